The molecule has 1 saturated carbocycles. The standard InChI is InChI=1S/C24H29N2/c1-15-12-16(2)17(3)22(13-15)24-25-23-14-20(19-8-6-7-9-19)10-11-21(23)18(4)26(24)5/h10-14,19H,6-9H2,1-5H3/q+1. The van der Waals surface area contributed by atoms with Crippen LogP contribution >= 0.6 is 0 Å². The summed E-state index contributed by atoms with van der Waals surface area (Å²) in [6.07, 6.45) is 5.39. The minimum Gasteiger partial charge on any atom is -0.230 e. The molecule has 2 heteroatoms. The maximum atomic E-state index is 5.14. The minimum absolute atomic E-state index is 0.724. The Morgan fingerprint density at radius 2 is 1.69 bits per heavy atom. The lowest BCUT2D eigenvalue weighted by Gasteiger charge is -2.12. The second-order valence-electron chi connectivity index (χ2n) is 8.09. The molecule has 0 spiro atoms. The van der Waals surface area contributed by atoms with E-state index in [4.69, 9.17) is 4.98 Å². The zero-order chi connectivity index (χ0) is 18.4. The number of rotatable bonds is 2. The zero-order valence-electron chi connectivity index (χ0n) is 16.7. The molecule has 1 aliphatic carbocycles. The number of hydrogen-bond acceptors (Lipinski definition) is 1. The van der Waals surface area contributed by atoms with Gasteiger partial charge in [0.15, 0.2) is 5.52 Å². The normalized spacial score (nSPS) is 15.1. The smallest absolute Gasteiger partial charge is 0.230 e. The van der Waals surface area contributed by atoms with E-state index in [1.54, 1.807) is 0 Å². The van der Waals surface area contributed by atoms with Crippen molar-refractivity contribution in [1.82, 2.24) is 4.98 Å². The van der Waals surface area contributed by atoms with Crippen molar-refractivity contribution in [2.45, 2.75) is 59.3 Å². The van der Waals surface area contributed by atoms with Crippen LogP contribution in [0.2, 0.25) is 0 Å². The van der Waals surface area contributed by atoms with Crippen LogP contribution in [0.4, 0.5) is 0 Å². The van der Waals surface area contributed by atoms with Crippen LogP contribution in [0.25, 0.3) is 22.3 Å². The predicted octanol–water partition coefficient (Wildman–Crippen LogP) is 5.62. The topological polar surface area (TPSA) is 16.8 Å². The van der Waals surface area contributed by atoms with Crippen LogP contribution in [0, 0.1) is 27.7 Å². The molecule has 0 bridgehead atoms. The molecule has 0 saturated heterocycles. The van der Waals surface area contributed by atoms with E-state index in [-0.39, 0.29) is 0 Å². The van der Waals surface area contributed by atoms with Crippen LogP contribution in [0.15, 0.2) is 30.3 Å². The van der Waals surface area contributed by atoms with Crippen molar-refractivity contribution in [2.75, 3.05) is 0 Å². The summed E-state index contributed by atoms with van der Waals surface area (Å²) in [5, 5.41) is 1.26. The van der Waals surface area contributed by atoms with Crippen molar-refractivity contribution in [3.63, 3.8) is 0 Å². The molecule has 0 amide bonds. The first kappa shape index (κ1) is 17.2. The second kappa shape index (κ2) is 6.50. The molecule has 2 nitrogen and oxygen atoms in total. The van der Waals surface area contributed by atoms with E-state index < -0.39 is 0 Å². The van der Waals surface area contributed by atoms with Gasteiger partial charge < -0.3 is 0 Å². The molecule has 0 radical (unpaired) electrons. The van der Waals surface area contributed by atoms with E-state index in [0.29, 0.717) is 0 Å². The molecule has 0 unspecified atom stereocenters. The van der Waals surface area contributed by atoms with Crippen LogP contribution in [0.5, 0.6) is 0 Å². The summed E-state index contributed by atoms with van der Waals surface area (Å²) < 4.78 is 2.25. The minimum atomic E-state index is 0.724. The predicted molar refractivity (Wildman–Crippen MR) is 109 cm³/mol. The number of benzene rings is 2. The largest absolute Gasteiger partial charge is 0.331 e. The van der Waals surface area contributed by atoms with Crippen LogP contribution in [0.1, 0.15) is 59.5 Å². The Morgan fingerprint density at radius 3 is 2.42 bits per heavy atom. The Bertz CT molecular complexity index is 995. The maximum Gasteiger partial charge on any atom is 0.331 e. The Labute approximate surface area is 156 Å². The number of fused-ring (bicyclic) bond motifs is 1. The molecule has 134 valence electrons. The lowest BCUT2D eigenvalue weighted by Crippen LogP contribution is -2.36. The van der Waals surface area contributed by atoms with Gasteiger partial charge in [-0.15, -0.1) is 0 Å². The van der Waals surface area contributed by atoms with Crippen molar-refractivity contribution in [2.24, 2.45) is 7.05 Å². The molecule has 1 fully saturated rings. The van der Waals surface area contributed by atoms with E-state index in [1.165, 1.54) is 64.6 Å². The lowest BCUT2D eigenvalue weighted by molar-refractivity contribution is -0.667. The summed E-state index contributed by atoms with van der Waals surface area (Å²) in [7, 11) is 2.14. The van der Waals surface area contributed by atoms with Crippen LogP contribution in [-0.2, 0) is 7.05 Å². The molecular formula is C24H29N2+. The first-order chi connectivity index (χ1) is 12.5. The highest BCUT2D eigenvalue weighted by Gasteiger charge is 2.23. The number of nitrogens with zero attached hydrogens (tertiary/aromatic N) is 2. The maximum absolute atomic E-state index is 5.14. The fraction of sp³-hybridized carbons (Fsp3) is 0.417. The van der Waals surface area contributed by atoms with Crippen molar-refractivity contribution in [3.8, 4) is 11.4 Å². The molecule has 1 aromatic heterocycles. The summed E-state index contributed by atoms with van der Waals surface area (Å²) >= 11 is 0. The van der Waals surface area contributed by atoms with Gasteiger partial charge in [0, 0.05) is 0 Å². The van der Waals surface area contributed by atoms with Gasteiger partial charge in [-0.1, -0.05) is 25.0 Å². The van der Waals surface area contributed by atoms with Gasteiger partial charge in [-0.3, -0.25) is 0 Å². The van der Waals surface area contributed by atoms with Gasteiger partial charge in [-0.2, -0.15) is 0 Å². The van der Waals surface area contributed by atoms with Crippen LogP contribution in [-0.4, -0.2) is 4.98 Å². The highest BCUT2D eigenvalue weighted by atomic mass is 15.0. The Hall–Kier alpha value is -2.22. The van der Waals surface area contributed by atoms with Gasteiger partial charge in [0.2, 0.25) is 0 Å². The van der Waals surface area contributed by atoms with E-state index in [1.807, 2.05) is 0 Å². The first-order valence-corrected chi connectivity index (χ1v) is 9.84. The highest BCUT2D eigenvalue weighted by molar-refractivity contribution is 5.82. The van der Waals surface area contributed by atoms with Gasteiger partial charge in [-0.25, -0.2) is 4.57 Å². The Morgan fingerprint density at radius 1 is 0.962 bits per heavy atom. The SMILES string of the molecule is Cc1cc(C)c(C)c(-c2nc3cc(C4CCCC4)ccc3c(C)[n+]2C)c1. The molecule has 0 atom stereocenters. The van der Waals surface area contributed by atoms with Gasteiger partial charge in [-0.05, 0) is 91.9 Å². The second-order valence-corrected chi connectivity index (χ2v) is 8.09. The van der Waals surface area contributed by atoms with Crippen molar-refractivity contribution < 1.29 is 4.57 Å². The summed E-state index contributed by atoms with van der Waals surface area (Å²) in [5.74, 6) is 1.80. The molecular weight excluding hydrogens is 316 g/mol. The van der Waals surface area contributed by atoms with Gasteiger partial charge in [0.25, 0.3) is 0 Å². The lowest BCUT2D eigenvalue weighted by atomic mass is 9.95. The van der Waals surface area contributed by atoms with Gasteiger partial charge >= 0.3 is 5.82 Å². The summed E-state index contributed by atoms with van der Waals surface area (Å²) in [6.45, 7) is 8.78. The monoisotopic (exact) mass is 345 g/mol. The van der Waals surface area contributed by atoms with E-state index in [2.05, 4.69) is 69.6 Å². The van der Waals surface area contributed by atoms with Gasteiger partial charge in [0.05, 0.1) is 18.0 Å². The number of aryl methyl sites for hydroxylation is 3. The molecule has 2 aromatic carbocycles. The molecule has 4 rings (SSSR count). The third-order valence-electron chi connectivity index (χ3n) is 6.34. The van der Waals surface area contributed by atoms with Crippen LogP contribution in [0.3, 0.4) is 0 Å². The number of hydrogen-bond donors (Lipinski definition) is 0. The molecule has 1 heterocycles. The fourth-order valence-electron chi connectivity index (χ4n) is 4.50. The first-order valence-electron chi connectivity index (χ1n) is 9.84. The Balaban J connectivity index is 1.94. The third-order valence-corrected chi connectivity index (χ3v) is 6.34. The van der Waals surface area contributed by atoms with Gasteiger partial charge in [0.1, 0.15) is 5.69 Å². The van der Waals surface area contributed by atoms with E-state index in [9.17, 15) is 0 Å². The van der Waals surface area contributed by atoms with Crippen LogP contribution < -0.4 is 4.57 Å². The summed E-state index contributed by atoms with van der Waals surface area (Å²) in [6, 6.07) is 11.5. The average molecular weight is 346 g/mol. The Kier molecular flexibility index (Phi) is 4.30. The molecule has 3 aromatic rings. The molecule has 0 N–H and O–H groups in total. The van der Waals surface area contributed by atoms with Crippen molar-refractivity contribution in [1.29, 1.82) is 0 Å². The zero-order valence-corrected chi connectivity index (χ0v) is 16.7. The van der Waals surface area contributed by atoms with Crippen molar-refractivity contribution in [3.05, 3.63) is 58.3 Å². The number of aromatic nitrogens is 2. The van der Waals surface area contributed by atoms with E-state index in [0.717, 1.165) is 17.3 Å². The molecule has 0 aliphatic heterocycles. The average Bonchev–Trinajstić information content (AvgIpc) is 3.15. The molecule has 26 heavy (non-hydrogen) atoms. The third kappa shape index (κ3) is 2.82. The molecule has 1 aliphatic rings. The highest BCUT2D eigenvalue weighted by Crippen LogP contribution is 2.35. The summed E-state index contributed by atoms with van der Waals surface area (Å²) in [4.78, 5) is 5.14. The quantitative estimate of drug-likeness (QED) is 0.551. The summed E-state index contributed by atoms with van der Waals surface area (Å²) in [5.41, 5.74) is 9.09. The fourth-order valence-corrected chi connectivity index (χ4v) is 4.50. The van der Waals surface area contributed by atoms with E-state index >= 15 is 0 Å². The van der Waals surface area contributed by atoms with Crippen molar-refractivity contribution >= 4 is 10.9 Å².